The van der Waals surface area contributed by atoms with Gasteiger partial charge in [-0.3, -0.25) is 19.7 Å². The van der Waals surface area contributed by atoms with Crippen molar-refractivity contribution in [1.29, 1.82) is 0 Å². The number of H-pyrrole nitrogens is 1. The first kappa shape index (κ1) is 25.6. The molecule has 2 aliphatic carbocycles. The average molecular weight is 514 g/mol. The second kappa shape index (κ2) is 10.4. The molecule has 0 saturated heterocycles. The Labute approximate surface area is 221 Å². The number of nitrogens with zero attached hydrogens (tertiary/aromatic N) is 2. The summed E-state index contributed by atoms with van der Waals surface area (Å²) >= 11 is 0. The van der Waals surface area contributed by atoms with Crippen molar-refractivity contribution >= 4 is 23.6 Å². The minimum atomic E-state index is -0.376. The normalized spacial score (nSPS) is 19.8. The van der Waals surface area contributed by atoms with Crippen LogP contribution >= 0.6 is 0 Å². The van der Waals surface area contributed by atoms with Crippen molar-refractivity contribution in [2.75, 3.05) is 5.32 Å². The van der Waals surface area contributed by atoms with Gasteiger partial charge in [-0.05, 0) is 61.4 Å². The number of anilines is 1. The van der Waals surface area contributed by atoms with Crippen LogP contribution in [0.25, 0.3) is 17.2 Å². The summed E-state index contributed by atoms with van der Waals surface area (Å²) in [5.74, 6) is 1.07. The molecule has 4 N–H and O–H groups in total. The number of hydrogen-bond acceptors (Lipinski definition) is 5. The van der Waals surface area contributed by atoms with E-state index in [1.165, 1.54) is 25.0 Å². The number of ketones is 1. The molecule has 2 aromatic heterocycles. The molecule has 196 valence electrons. The molecule has 3 aromatic rings. The SMILES string of the molecule is CC1(C)CCC2=C(C1=O)C(/C=C/c1ccc(-c3cccc(F)c3)cn1)c1cn[nH]c1N2.NC(=O)CC1CC1. The lowest BCUT2D eigenvalue weighted by atomic mass is 9.69. The summed E-state index contributed by atoms with van der Waals surface area (Å²) in [6.45, 7) is 4.02. The largest absolute Gasteiger partial charge is 0.370 e. The zero-order valence-corrected chi connectivity index (χ0v) is 21.6. The molecule has 3 heterocycles. The smallest absolute Gasteiger partial charge is 0.217 e. The first-order valence-electron chi connectivity index (χ1n) is 13.0. The molecule has 0 radical (unpaired) electrons. The van der Waals surface area contributed by atoms with Crippen molar-refractivity contribution in [3.8, 4) is 11.1 Å². The number of carbonyl (C=O) groups is 2. The van der Waals surface area contributed by atoms with Gasteiger partial charge in [0.1, 0.15) is 11.6 Å². The fourth-order valence-corrected chi connectivity index (χ4v) is 4.93. The highest BCUT2D eigenvalue weighted by Gasteiger charge is 2.42. The molecule has 38 heavy (non-hydrogen) atoms. The zero-order valence-electron chi connectivity index (χ0n) is 21.6. The van der Waals surface area contributed by atoms with Crippen molar-refractivity contribution in [3.63, 3.8) is 0 Å². The molecule has 1 aromatic carbocycles. The number of nitrogens with one attached hydrogen (secondary N) is 2. The predicted molar refractivity (Wildman–Crippen MR) is 145 cm³/mol. The minimum absolute atomic E-state index is 0.150. The number of halogens is 1. The number of carbonyl (C=O) groups excluding carboxylic acids is 2. The van der Waals surface area contributed by atoms with E-state index >= 15 is 0 Å². The van der Waals surface area contributed by atoms with Crippen LogP contribution in [0, 0.1) is 17.2 Å². The fraction of sp³-hybridized carbons (Fsp3) is 0.333. The number of primary amides is 1. The molecular weight excluding hydrogens is 481 g/mol. The van der Waals surface area contributed by atoms with E-state index in [9.17, 15) is 14.0 Å². The highest BCUT2D eigenvalue weighted by atomic mass is 19.1. The van der Waals surface area contributed by atoms with Gasteiger partial charge in [0.25, 0.3) is 0 Å². The number of Topliss-reactive ketones (excluding diaryl/α,β-unsaturated/α-hetero) is 1. The molecular formula is C30H32FN5O2. The van der Waals surface area contributed by atoms with Crippen molar-refractivity contribution in [3.05, 3.63) is 83.2 Å². The summed E-state index contributed by atoms with van der Waals surface area (Å²) in [7, 11) is 0. The van der Waals surface area contributed by atoms with E-state index in [4.69, 9.17) is 5.73 Å². The second-order valence-electron chi connectivity index (χ2n) is 10.9. The Bertz CT molecular complexity index is 1420. The van der Waals surface area contributed by atoms with Gasteiger partial charge in [0.2, 0.25) is 5.91 Å². The standard InChI is InChI=1S/C25H23FN4O.C5H9NO/c1-25(2)11-10-21-22(23(25)31)19(20-14-28-30-24(20)29-21)9-8-18-7-6-16(13-27-18)15-4-3-5-17(26)12-15;6-5(7)3-4-1-2-4/h3-9,12-14,19H,10-11H2,1-2H3,(H2,28,29,30);4H,1-3H2,(H2,6,7)/b9-8+;. The molecule has 8 heteroatoms. The van der Waals surface area contributed by atoms with Gasteiger partial charge in [-0.15, -0.1) is 0 Å². The van der Waals surface area contributed by atoms with Crippen LogP contribution in [-0.4, -0.2) is 26.9 Å². The Morgan fingerprint density at radius 1 is 1.18 bits per heavy atom. The van der Waals surface area contributed by atoms with Gasteiger partial charge in [-0.25, -0.2) is 4.39 Å². The number of nitrogens with two attached hydrogens (primary N) is 1. The Hall–Kier alpha value is -4.07. The number of pyridine rings is 1. The van der Waals surface area contributed by atoms with Crippen molar-refractivity contribution in [1.82, 2.24) is 15.2 Å². The van der Waals surface area contributed by atoms with Crippen LogP contribution in [0.4, 0.5) is 10.2 Å². The van der Waals surface area contributed by atoms with Gasteiger partial charge >= 0.3 is 0 Å². The molecule has 1 atom stereocenters. The number of hydrogen-bond donors (Lipinski definition) is 3. The quantitative estimate of drug-likeness (QED) is 0.402. The summed E-state index contributed by atoms with van der Waals surface area (Å²) < 4.78 is 13.5. The van der Waals surface area contributed by atoms with Crippen LogP contribution in [-0.2, 0) is 9.59 Å². The third-order valence-electron chi connectivity index (χ3n) is 7.37. The second-order valence-corrected chi connectivity index (χ2v) is 10.9. The molecule has 6 rings (SSSR count). The van der Waals surface area contributed by atoms with Gasteiger partial charge in [-0.2, -0.15) is 5.10 Å². The minimum Gasteiger partial charge on any atom is -0.370 e. The summed E-state index contributed by atoms with van der Waals surface area (Å²) in [5, 5.41) is 10.5. The van der Waals surface area contributed by atoms with E-state index in [0.29, 0.717) is 12.3 Å². The first-order chi connectivity index (χ1) is 18.2. The molecule has 7 nitrogen and oxygen atoms in total. The number of benzene rings is 1. The third-order valence-corrected chi connectivity index (χ3v) is 7.37. The molecule has 1 aliphatic heterocycles. The van der Waals surface area contributed by atoms with E-state index in [0.717, 1.165) is 52.3 Å². The molecule has 1 amide bonds. The number of fused-ring (bicyclic) bond motifs is 1. The summed E-state index contributed by atoms with van der Waals surface area (Å²) in [6, 6.07) is 10.3. The van der Waals surface area contributed by atoms with Gasteiger partial charge in [0, 0.05) is 46.3 Å². The fourth-order valence-electron chi connectivity index (χ4n) is 4.93. The van der Waals surface area contributed by atoms with Gasteiger partial charge < -0.3 is 11.1 Å². The Morgan fingerprint density at radius 3 is 2.66 bits per heavy atom. The number of aromatic amines is 1. The highest BCUT2D eigenvalue weighted by molar-refractivity contribution is 6.04. The zero-order chi connectivity index (χ0) is 26.9. The topological polar surface area (TPSA) is 114 Å². The molecule has 3 aliphatic rings. The van der Waals surface area contributed by atoms with Crippen LogP contribution in [0.3, 0.4) is 0 Å². The maximum atomic E-state index is 13.5. The van der Waals surface area contributed by atoms with Gasteiger partial charge in [-0.1, -0.05) is 38.1 Å². The molecule has 0 spiro atoms. The molecule has 0 bridgehead atoms. The first-order valence-corrected chi connectivity index (χ1v) is 13.0. The highest BCUT2D eigenvalue weighted by Crippen LogP contribution is 2.46. The molecule has 1 saturated carbocycles. The summed E-state index contributed by atoms with van der Waals surface area (Å²) in [5.41, 5.74) is 9.68. The maximum Gasteiger partial charge on any atom is 0.217 e. The van der Waals surface area contributed by atoms with Crippen molar-refractivity contribution in [2.24, 2.45) is 17.1 Å². The maximum absolute atomic E-state index is 13.5. The van der Waals surface area contributed by atoms with Crippen LogP contribution < -0.4 is 11.1 Å². The van der Waals surface area contributed by atoms with Gasteiger partial charge in [0.15, 0.2) is 5.78 Å². The number of allylic oxidation sites excluding steroid dienone is 3. The monoisotopic (exact) mass is 513 g/mol. The van der Waals surface area contributed by atoms with E-state index in [1.54, 1.807) is 18.5 Å². The lowest BCUT2D eigenvalue weighted by Gasteiger charge is -2.37. The molecule has 1 unspecified atom stereocenters. The summed E-state index contributed by atoms with van der Waals surface area (Å²) in [6.07, 6.45) is 12.1. The Morgan fingerprint density at radius 2 is 2.00 bits per heavy atom. The number of rotatable bonds is 5. The number of aromatic nitrogens is 3. The lowest BCUT2D eigenvalue weighted by molar-refractivity contribution is -0.124. The van der Waals surface area contributed by atoms with Gasteiger partial charge in [0.05, 0.1) is 11.9 Å². The van der Waals surface area contributed by atoms with E-state index in [2.05, 4.69) is 20.5 Å². The van der Waals surface area contributed by atoms with Crippen LogP contribution in [0.5, 0.6) is 0 Å². The third kappa shape index (κ3) is 5.59. The van der Waals surface area contributed by atoms with E-state index in [-0.39, 0.29) is 28.8 Å². The number of amides is 1. The van der Waals surface area contributed by atoms with Crippen LogP contribution in [0.1, 0.15) is 63.1 Å². The summed E-state index contributed by atoms with van der Waals surface area (Å²) in [4.78, 5) is 27.8. The van der Waals surface area contributed by atoms with Crippen molar-refractivity contribution in [2.45, 2.75) is 51.9 Å². The average Bonchev–Trinajstić information content (AvgIpc) is 3.57. The van der Waals surface area contributed by atoms with E-state index < -0.39 is 0 Å². The van der Waals surface area contributed by atoms with Crippen LogP contribution in [0.15, 0.2) is 66.1 Å². The lowest BCUT2D eigenvalue weighted by Crippen LogP contribution is -2.36. The Balaban J connectivity index is 0.000000366. The van der Waals surface area contributed by atoms with Crippen molar-refractivity contribution < 1.29 is 14.0 Å². The van der Waals surface area contributed by atoms with Crippen LogP contribution in [0.2, 0.25) is 0 Å². The van der Waals surface area contributed by atoms with E-state index in [1.807, 2.05) is 44.2 Å². The Kier molecular flexibility index (Phi) is 6.97. The predicted octanol–water partition coefficient (Wildman–Crippen LogP) is 5.75. The molecule has 1 fully saturated rings.